The van der Waals surface area contributed by atoms with E-state index < -0.39 is 0 Å². The summed E-state index contributed by atoms with van der Waals surface area (Å²) in [5, 5.41) is 7.94. The minimum absolute atomic E-state index is 0. The number of nitrogens with zero attached hydrogens (tertiary/aromatic N) is 3. The van der Waals surface area contributed by atoms with E-state index in [9.17, 15) is 0 Å². The van der Waals surface area contributed by atoms with E-state index in [1.807, 2.05) is 27.7 Å². The molecule has 0 aromatic heterocycles. The zero-order valence-corrected chi connectivity index (χ0v) is 34.0. The number of aryl methyl sites for hydroxylation is 3. The first-order valence-corrected chi connectivity index (χ1v) is 18.9. The van der Waals surface area contributed by atoms with Crippen molar-refractivity contribution in [2.75, 3.05) is 26.2 Å². The van der Waals surface area contributed by atoms with Crippen molar-refractivity contribution in [1.29, 1.82) is 0 Å². The Morgan fingerprint density at radius 3 is 1.76 bits per heavy atom. The van der Waals surface area contributed by atoms with E-state index in [4.69, 9.17) is 4.99 Å². The molecule has 3 nitrogen and oxygen atoms in total. The molecule has 0 spiro atoms. The number of rotatable bonds is 17. The number of unbranched alkanes of at least 4 members (excludes halogenated alkanes) is 4. The zero-order valence-electron chi connectivity index (χ0n) is 33.0. The predicted octanol–water partition coefficient (Wildman–Crippen LogP) is 13.8. The first kappa shape index (κ1) is 46.5. The number of hydrogen-bond acceptors (Lipinski definition) is 1. The monoisotopic (exact) mass is 708 g/mol. The fourth-order valence-electron chi connectivity index (χ4n) is 5.69. The summed E-state index contributed by atoms with van der Waals surface area (Å²) in [5.74, 6) is 0. The molecule has 0 N–H and O–H groups in total. The molecule has 3 aromatic carbocycles. The van der Waals surface area contributed by atoms with Crippen LogP contribution in [0.2, 0.25) is 0 Å². The van der Waals surface area contributed by atoms with Crippen LogP contribution in [0.5, 0.6) is 0 Å². The molecule has 3 rings (SSSR count). The normalized spacial score (nSPS) is 11.2. The van der Waals surface area contributed by atoms with Crippen LogP contribution in [0.25, 0.3) is 21.8 Å². The molecule has 49 heavy (non-hydrogen) atoms. The quantitative estimate of drug-likeness (QED) is 0.0579. The van der Waals surface area contributed by atoms with Gasteiger partial charge in [-0.25, -0.2) is 0 Å². The van der Waals surface area contributed by atoms with E-state index in [1.165, 1.54) is 83.0 Å². The van der Waals surface area contributed by atoms with Crippen molar-refractivity contribution in [2.45, 2.75) is 134 Å². The van der Waals surface area contributed by atoms with Crippen molar-refractivity contribution >= 4 is 11.4 Å². The molecule has 0 saturated carbocycles. The molecule has 0 aliphatic rings. The van der Waals surface area contributed by atoms with Gasteiger partial charge in [-0.1, -0.05) is 135 Å². The third-order valence-corrected chi connectivity index (χ3v) is 8.74. The van der Waals surface area contributed by atoms with Crippen molar-refractivity contribution in [3.63, 3.8) is 0 Å². The summed E-state index contributed by atoms with van der Waals surface area (Å²) in [6.07, 6.45) is 14.5. The standard InChI is InChI=1S/C37H48N.2C4H10N.Ni/c1-8-11-13-15-21-35-26-36(22-27(4)28(35)5)38-30(7)32(10-3)23-31-24-34(18-12-9-2)29(6)37(25-31)33-19-16-14-17-20-33;2*1-3-5-4-2;/h14,16-17,19-20,22,24-26H,8-13,15,18,21H2,1-7H3;2*3-4H2,1-2H3;/q3*-1;+3. The summed E-state index contributed by atoms with van der Waals surface area (Å²) in [7, 11) is 0. The molecule has 0 aliphatic carbocycles. The molecule has 0 atom stereocenters. The molecule has 0 fully saturated rings. The van der Waals surface area contributed by atoms with Crippen LogP contribution in [0.1, 0.15) is 134 Å². The minimum Gasteiger partial charge on any atom is -0.663 e. The molecule has 1 radical (unpaired) electrons. The van der Waals surface area contributed by atoms with Gasteiger partial charge in [-0.2, -0.15) is 26.2 Å². The Morgan fingerprint density at radius 1 is 0.653 bits per heavy atom. The van der Waals surface area contributed by atoms with Crippen LogP contribution in [0, 0.1) is 26.8 Å². The minimum atomic E-state index is 0. The second-order valence-electron chi connectivity index (χ2n) is 12.5. The van der Waals surface area contributed by atoms with Crippen LogP contribution in [0.15, 0.2) is 65.2 Å². The van der Waals surface area contributed by atoms with Crippen molar-refractivity contribution < 1.29 is 16.5 Å². The van der Waals surface area contributed by atoms with Gasteiger partial charge in [0.05, 0.1) is 5.69 Å². The SMILES string of the molecule is CCCCCCc1cc(N=C(C)C(=[C-]c2cc(CCCC)c(C)c(-c3ccccc3)c2)CC)cc(C)c1C.CC[N-]CC.CC[N-]CC.[Ni+3]. The van der Waals surface area contributed by atoms with Gasteiger partial charge in [0.15, 0.2) is 0 Å². The second-order valence-corrected chi connectivity index (χ2v) is 12.5. The molecule has 0 amide bonds. The first-order chi connectivity index (χ1) is 23.2. The third kappa shape index (κ3) is 17.8. The molecule has 273 valence electrons. The molecule has 0 unspecified atom stereocenters. The summed E-state index contributed by atoms with van der Waals surface area (Å²) in [5.41, 5.74) is 14.1. The smallest absolute Gasteiger partial charge is 0.663 e. The fourth-order valence-corrected chi connectivity index (χ4v) is 5.69. The van der Waals surface area contributed by atoms with Gasteiger partial charge in [0.1, 0.15) is 0 Å². The molecule has 4 heteroatoms. The Kier molecular flexibility index (Phi) is 26.8. The maximum atomic E-state index is 5.12. The van der Waals surface area contributed by atoms with Gasteiger partial charge < -0.3 is 15.6 Å². The maximum Gasteiger partial charge on any atom is 3.00 e. The first-order valence-electron chi connectivity index (χ1n) is 18.9. The van der Waals surface area contributed by atoms with Crippen LogP contribution < -0.4 is 0 Å². The van der Waals surface area contributed by atoms with E-state index >= 15 is 0 Å². The molecule has 3 aromatic rings. The van der Waals surface area contributed by atoms with Gasteiger partial charge in [0, 0.05) is 0 Å². The van der Waals surface area contributed by atoms with Gasteiger partial charge in [-0.3, -0.25) is 0 Å². The summed E-state index contributed by atoms with van der Waals surface area (Å²) in [6, 6.07) is 20.0. The number of aliphatic imine (C=N–C) groups is 1. The summed E-state index contributed by atoms with van der Waals surface area (Å²) in [6.45, 7) is 27.7. The van der Waals surface area contributed by atoms with E-state index in [1.54, 1.807) is 0 Å². The summed E-state index contributed by atoms with van der Waals surface area (Å²) in [4.78, 5) is 5.12. The summed E-state index contributed by atoms with van der Waals surface area (Å²) >= 11 is 0. The third-order valence-electron chi connectivity index (χ3n) is 8.74. The van der Waals surface area contributed by atoms with Crippen LogP contribution in [-0.2, 0) is 29.3 Å². The number of hydrogen-bond donors (Lipinski definition) is 0. The van der Waals surface area contributed by atoms with Crippen molar-refractivity contribution in [1.82, 2.24) is 0 Å². The van der Waals surface area contributed by atoms with Crippen molar-refractivity contribution in [2.24, 2.45) is 4.99 Å². The Bertz CT molecular complexity index is 1350. The molecular formula is C45H68N3Ni. The van der Waals surface area contributed by atoms with E-state index in [2.05, 4.69) is 120 Å². The average molecular weight is 710 g/mol. The van der Waals surface area contributed by atoms with Crippen LogP contribution in [0.3, 0.4) is 0 Å². The second kappa shape index (κ2) is 28.2. The predicted molar refractivity (Wildman–Crippen MR) is 217 cm³/mol. The van der Waals surface area contributed by atoms with Gasteiger partial charge in [-0.15, -0.1) is 29.3 Å². The zero-order chi connectivity index (χ0) is 35.7. The van der Waals surface area contributed by atoms with Crippen molar-refractivity contribution in [3.05, 3.63) is 110 Å². The molecule has 0 aliphatic heterocycles. The number of benzene rings is 3. The molecule has 0 bridgehead atoms. The topological polar surface area (TPSA) is 40.6 Å². The Morgan fingerprint density at radius 2 is 1.22 bits per heavy atom. The van der Waals surface area contributed by atoms with Gasteiger partial charge in [0.2, 0.25) is 0 Å². The Labute approximate surface area is 313 Å². The molecule has 0 heterocycles. The average Bonchev–Trinajstić information content (AvgIpc) is 3.09. The van der Waals surface area contributed by atoms with Crippen LogP contribution in [-0.4, -0.2) is 31.9 Å². The van der Waals surface area contributed by atoms with E-state index in [-0.39, 0.29) is 16.5 Å². The maximum absolute atomic E-state index is 5.12. The van der Waals surface area contributed by atoms with E-state index in [0.717, 1.165) is 62.4 Å². The Balaban J connectivity index is 0.00000183. The van der Waals surface area contributed by atoms with Gasteiger partial charge >= 0.3 is 16.5 Å². The van der Waals surface area contributed by atoms with Crippen molar-refractivity contribution in [3.8, 4) is 11.1 Å². The van der Waals surface area contributed by atoms with E-state index in [0.29, 0.717) is 0 Å². The molecular weight excluding hydrogens is 641 g/mol. The van der Waals surface area contributed by atoms with Crippen LogP contribution >= 0.6 is 0 Å². The van der Waals surface area contributed by atoms with Gasteiger partial charge in [-0.05, 0) is 86.6 Å². The number of allylic oxidation sites excluding steroid dienone is 1. The largest absolute Gasteiger partial charge is 3.00 e. The fraction of sp³-hybridized carbons (Fsp3) is 0.533. The molecule has 0 saturated heterocycles. The van der Waals surface area contributed by atoms with Gasteiger partial charge in [0.25, 0.3) is 0 Å². The Hall–Kier alpha value is -2.52. The van der Waals surface area contributed by atoms with Crippen LogP contribution in [0.4, 0.5) is 5.69 Å². The summed E-state index contributed by atoms with van der Waals surface area (Å²) < 4.78 is 0.